The van der Waals surface area contributed by atoms with Gasteiger partial charge in [-0.1, -0.05) is 11.6 Å². The summed E-state index contributed by atoms with van der Waals surface area (Å²) >= 11 is 5.91. The third kappa shape index (κ3) is 4.46. The van der Waals surface area contributed by atoms with Crippen LogP contribution in [0.5, 0.6) is 0 Å². The minimum Gasteiger partial charge on any atom is -0.379 e. The van der Waals surface area contributed by atoms with Gasteiger partial charge in [-0.3, -0.25) is 4.79 Å². The van der Waals surface area contributed by atoms with E-state index in [-0.39, 0.29) is 11.4 Å². The highest BCUT2D eigenvalue weighted by atomic mass is 35.5. The van der Waals surface area contributed by atoms with Crippen LogP contribution in [-0.2, 0) is 0 Å². The molecule has 1 heterocycles. The predicted octanol–water partition coefficient (Wildman–Crippen LogP) is 4.51. The highest BCUT2D eigenvalue weighted by molar-refractivity contribution is 6.30. The van der Waals surface area contributed by atoms with Crippen LogP contribution in [0.3, 0.4) is 0 Å². The van der Waals surface area contributed by atoms with Crippen LogP contribution >= 0.6 is 11.6 Å². The van der Waals surface area contributed by atoms with Crippen molar-refractivity contribution in [1.29, 1.82) is 0 Å². The number of nitrogens with one attached hydrogen (secondary N) is 2. The van der Waals surface area contributed by atoms with Crippen LogP contribution in [0, 0.1) is 6.92 Å². The zero-order chi connectivity index (χ0) is 16.3. The lowest BCUT2D eigenvalue weighted by atomic mass is 10.1. The second-order valence-electron chi connectivity index (χ2n) is 6.22. The SMILES string of the molecule is Cc1cc(Cl)ccc1NC(=O)c1ccc(NC(C)(C)C)cn1. The van der Waals surface area contributed by atoms with E-state index in [4.69, 9.17) is 11.6 Å². The molecule has 0 saturated heterocycles. The summed E-state index contributed by atoms with van der Waals surface area (Å²) in [7, 11) is 0. The second kappa shape index (κ2) is 6.36. The molecular formula is C17H20ClN3O. The number of carbonyl (C=O) groups excluding carboxylic acids is 1. The molecule has 0 aliphatic carbocycles. The molecule has 0 spiro atoms. The Morgan fingerprint density at radius 1 is 1.18 bits per heavy atom. The molecule has 0 saturated carbocycles. The van der Waals surface area contributed by atoms with Crippen LogP contribution in [0.25, 0.3) is 0 Å². The molecular weight excluding hydrogens is 298 g/mol. The van der Waals surface area contributed by atoms with Crippen molar-refractivity contribution in [2.45, 2.75) is 33.2 Å². The van der Waals surface area contributed by atoms with Gasteiger partial charge in [0, 0.05) is 16.2 Å². The molecule has 1 aromatic carbocycles. The zero-order valence-corrected chi connectivity index (χ0v) is 14.0. The molecule has 22 heavy (non-hydrogen) atoms. The number of benzene rings is 1. The Morgan fingerprint density at radius 3 is 2.45 bits per heavy atom. The van der Waals surface area contributed by atoms with Gasteiger partial charge in [0.2, 0.25) is 0 Å². The Kier molecular flexibility index (Phi) is 4.71. The predicted molar refractivity (Wildman–Crippen MR) is 91.8 cm³/mol. The van der Waals surface area contributed by atoms with Crippen LogP contribution in [0.1, 0.15) is 36.8 Å². The molecule has 2 aromatic rings. The number of amides is 1. The Balaban J connectivity index is 2.10. The second-order valence-corrected chi connectivity index (χ2v) is 6.66. The molecule has 4 nitrogen and oxygen atoms in total. The molecule has 0 fully saturated rings. The topological polar surface area (TPSA) is 54.0 Å². The minimum atomic E-state index is -0.243. The number of anilines is 2. The van der Waals surface area contributed by atoms with E-state index in [0.717, 1.165) is 16.9 Å². The summed E-state index contributed by atoms with van der Waals surface area (Å²) in [6.45, 7) is 8.09. The van der Waals surface area contributed by atoms with Gasteiger partial charge in [0.15, 0.2) is 0 Å². The van der Waals surface area contributed by atoms with Crippen LogP contribution in [0.15, 0.2) is 36.5 Å². The van der Waals surface area contributed by atoms with Crippen molar-refractivity contribution in [3.63, 3.8) is 0 Å². The van der Waals surface area contributed by atoms with Crippen LogP contribution in [0.4, 0.5) is 11.4 Å². The third-order valence-electron chi connectivity index (χ3n) is 2.95. The number of aromatic nitrogens is 1. The van der Waals surface area contributed by atoms with E-state index in [1.807, 2.05) is 13.0 Å². The van der Waals surface area contributed by atoms with Gasteiger partial charge in [0.1, 0.15) is 5.69 Å². The maximum atomic E-state index is 12.2. The minimum absolute atomic E-state index is 0.0497. The summed E-state index contributed by atoms with van der Waals surface area (Å²) in [4.78, 5) is 16.4. The highest BCUT2D eigenvalue weighted by Crippen LogP contribution is 2.20. The first kappa shape index (κ1) is 16.3. The van der Waals surface area contributed by atoms with Gasteiger partial charge in [0.05, 0.1) is 11.9 Å². The van der Waals surface area contributed by atoms with Crippen molar-refractivity contribution < 1.29 is 4.79 Å². The lowest BCUT2D eigenvalue weighted by Crippen LogP contribution is -2.26. The number of pyridine rings is 1. The molecule has 116 valence electrons. The summed E-state index contributed by atoms with van der Waals surface area (Å²) in [5.41, 5.74) is 2.84. The van der Waals surface area contributed by atoms with E-state index in [2.05, 4.69) is 36.4 Å². The molecule has 0 atom stereocenters. The molecule has 1 amide bonds. The summed E-state index contributed by atoms with van der Waals surface area (Å²) in [5, 5.41) is 6.79. The Bertz CT molecular complexity index is 675. The molecule has 0 aliphatic heterocycles. The van der Waals surface area contributed by atoms with Gasteiger partial charge >= 0.3 is 0 Å². The first-order chi connectivity index (χ1) is 10.2. The maximum absolute atomic E-state index is 12.2. The van der Waals surface area contributed by atoms with Crippen molar-refractivity contribution in [3.8, 4) is 0 Å². The fourth-order valence-electron chi connectivity index (χ4n) is 1.99. The van der Waals surface area contributed by atoms with E-state index in [0.29, 0.717) is 10.7 Å². The normalized spacial score (nSPS) is 11.1. The number of rotatable bonds is 3. The van der Waals surface area contributed by atoms with E-state index in [1.165, 1.54) is 0 Å². The summed E-state index contributed by atoms with van der Waals surface area (Å²) < 4.78 is 0. The standard InChI is InChI=1S/C17H20ClN3O/c1-11-9-12(18)5-7-14(11)20-16(22)15-8-6-13(10-19-15)21-17(2,3)4/h5-10,21H,1-4H3,(H,20,22). The lowest BCUT2D eigenvalue weighted by molar-refractivity contribution is 0.102. The Labute approximate surface area is 135 Å². The average Bonchev–Trinajstić information content (AvgIpc) is 2.41. The van der Waals surface area contributed by atoms with Gasteiger partial charge < -0.3 is 10.6 Å². The molecule has 0 radical (unpaired) electrons. The Morgan fingerprint density at radius 2 is 1.91 bits per heavy atom. The van der Waals surface area contributed by atoms with Crippen molar-refractivity contribution in [3.05, 3.63) is 52.8 Å². The third-order valence-corrected chi connectivity index (χ3v) is 3.19. The van der Waals surface area contributed by atoms with Crippen molar-refractivity contribution in [2.24, 2.45) is 0 Å². The summed E-state index contributed by atoms with van der Waals surface area (Å²) in [6, 6.07) is 8.89. The summed E-state index contributed by atoms with van der Waals surface area (Å²) in [6.07, 6.45) is 1.66. The van der Waals surface area contributed by atoms with E-state index in [9.17, 15) is 4.79 Å². The van der Waals surface area contributed by atoms with Gasteiger partial charge in [-0.25, -0.2) is 4.98 Å². The molecule has 2 rings (SSSR count). The molecule has 0 bridgehead atoms. The molecule has 2 N–H and O–H groups in total. The van der Waals surface area contributed by atoms with Crippen LogP contribution < -0.4 is 10.6 Å². The van der Waals surface area contributed by atoms with Gasteiger partial charge in [-0.15, -0.1) is 0 Å². The average molecular weight is 318 g/mol. The number of hydrogen-bond acceptors (Lipinski definition) is 3. The van der Waals surface area contributed by atoms with E-state index in [1.54, 1.807) is 30.5 Å². The Hall–Kier alpha value is -2.07. The number of hydrogen-bond donors (Lipinski definition) is 2. The molecule has 0 unspecified atom stereocenters. The van der Waals surface area contributed by atoms with Crippen molar-refractivity contribution in [1.82, 2.24) is 4.98 Å². The first-order valence-electron chi connectivity index (χ1n) is 7.06. The smallest absolute Gasteiger partial charge is 0.274 e. The number of carbonyl (C=O) groups is 1. The van der Waals surface area contributed by atoms with E-state index >= 15 is 0 Å². The highest BCUT2D eigenvalue weighted by Gasteiger charge is 2.12. The number of halogens is 1. The fraction of sp³-hybridized carbons (Fsp3) is 0.294. The number of aryl methyl sites for hydroxylation is 1. The van der Waals surface area contributed by atoms with Gasteiger partial charge in [-0.2, -0.15) is 0 Å². The van der Waals surface area contributed by atoms with Gasteiger partial charge in [0.25, 0.3) is 5.91 Å². The quantitative estimate of drug-likeness (QED) is 0.876. The molecule has 0 aliphatic rings. The number of nitrogens with zero attached hydrogens (tertiary/aromatic N) is 1. The zero-order valence-electron chi connectivity index (χ0n) is 13.2. The van der Waals surface area contributed by atoms with Gasteiger partial charge in [-0.05, 0) is 63.6 Å². The largest absolute Gasteiger partial charge is 0.379 e. The fourth-order valence-corrected chi connectivity index (χ4v) is 2.22. The van der Waals surface area contributed by atoms with Crippen molar-refractivity contribution >= 4 is 28.9 Å². The van der Waals surface area contributed by atoms with Crippen LogP contribution in [-0.4, -0.2) is 16.4 Å². The van der Waals surface area contributed by atoms with Crippen molar-refractivity contribution in [2.75, 3.05) is 10.6 Å². The summed E-state index contributed by atoms with van der Waals surface area (Å²) in [5.74, 6) is -0.243. The molecule has 1 aromatic heterocycles. The van der Waals surface area contributed by atoms with E-state index < -0.39 is 0 Å². The monoisotopic (exact) mass is 317 g/mol. The molecule has 5 heteroatoms. The maximum Gasteiger partial charge on any atom is 0.274 e. The lowest BCUT2D eigenvalue weighted by Gasteiger charge is -2.21. The first-order valence-corrected chi connectivity index (χ1v) is 7.44. The van der Waals surface area contributed by atoms with Crippen LogP contribution in [0.2, 0.25) is 5.02 Å².